The molecule has 1 aromatic carbocycles. The number of aliphatic hydroxyl groups excluding tert-OH is 1. The number of aromatic nitrogens is 5. The van der Waals surface area contributed by atoms with Gasteiger partial charge in [0.25, 0.3) is 12.9 Å². The van der Waals surface area contributed by atoms with Gasteiger partial charge in [-0.3, -0.25) is 4.98 Å². The van der Waals surface area contributed by atoms with Gasteiger partial charge in [-0.15, -0.1) is 0 Å². The Kier molecular flexibility index (Phi) is 7.27. The summed E-state index contributed by atoms with van der Waals surface area (Å²) in [5.41, 5.74) is 10.8. The van der Waals surface area contributed by atoms with Crippen LogP contribution in [-0.2, 0) is 6.54 Å². The van der Waals surface area contributed by atoms with Crippen LogP contribution in [0.25, 0.3) is 22.4 Å². The van der Waals surface area contributed by atoms with Crippen molar-refractivity contribution in [3.63, 3.8) is 0 Å². The Bertz CT molecular complexity index is 1550. The molecule has 212 valence electrons. The Balaban J connectivity index is 1.63. The van der Waals surface area contributed by atoms with Crippen LogP contribution in [0, 0.1) is 11.6 Å². The molecule has 3 aromatic heterocycles. The Hall–Kier alpha value is -3.98. The molecule has 0 saturated carbocycles. The highest BCUT2D eigenvalue weighted by Gasteiger charge is 2.43. The molecule has 2 atom stereocenters. The maximum Gasteiger partial charge on any atom is 0.265 e. The van der Waals surface area contributed by atoms with Crippen LogP contribution < -0.4 is 16.4 Å². The Morgan fingerprint density at radius 2 is 1.77 bits per heavy atom. The lowest BCUT2D eigenvalue weighted by atomic mass is 9.84. The molecule has 40 heavy (non-hydrogen) atoms. The van der Waals surface area contributed by atoms with Crippen molar-refractivity contribution in [1.82, 2.24) is 24.5 Å². The van der Waals surface area contributed by atoms with Gasteiger partial charge in [-0.25, -0.2) is 41.3 Å². The van der Waals surface area contributed by atoms with Gasteiger partial charge in [0.05, 0.1) is 36.0 Å². The number of pyridine rings is 1. The Labute approximate surface area is 223 Å². The van der Waals surface area contributed by atoms with Gasteiger partial charge < -0.3 is 26.0 Å². The van der Waals surface area contributed by atoms with Gasteiger partial charge in [0.2, 0.25) is 0 Å². The summed E-state index contributed by atoms with van der Waals surface area (Å²) in [4.78, 5) is 18.2. The Morgan fingerprint density at radius 1 is 1.02 bits per heavy atom. The average Bonchev–Trinajstić information content (AvgIpc) is 3.33. The normalized spacial score (nSPS) is 18.7. The maximum absolute atomic E-state index is 14.1. The van der Waals surface area contributed by atoms with Crippen molar-refractivity contribution in [3.8, 4) is 11.3 Å². The summed E-state index contributed by atoms with van der Waals surface area (Å²) in [5, 5.41) is 10.1. The van der Waals surface area contributed by atoms with E-state index in [1.807, 2.05) is 0 Å². The van der Waals surface area contributed by atoms with Crippen LogP contribution in [0.15, 0.2) is 37.1 Å². The number of rotatable bonds is 7. The third-order valence-electron chi connectivity index (χ3n) is 7.06. The van der Waals surface area contributed by atoms with E-state index < -0.39 is 41.7 Å². The van der Waals surface area contributed by atoms with Crippen molar-refractivity contribution in [2.75, 3.05) is 23.7 Å². The number of fused-ring (bicyclic) bond motifs is 1. The highest BCUT2D eigenvalue weighted by atomic mass is 19.3. The number of aliphatic hydroxyl groups is 1. The molecule has 4 aromatic rings. The number of hydrogen-bond acceptors (Lipinski definition) is 8. The number of anilines is 2. The molecule has 0 radical (unpaired) electrons. The van der Waals surface area contributed by atoms with E-state index in [2.05, 4.69) is 19.9 Å². The van der Waals surface area contributed by atoms with E-state index >= 15 is 0 Å². The molecular weight excluding hydrogens is 542 g/mol. The lowest BCUT2D eigenvalue weighted by Gasteiger charge is -2.44. The van der Waals surface area contributed by atoms with E-state index in [1.165, 1.54) is 24.9 Å². The van der Waals surface area contributed by atoms with Crippen molar-refractivity contribution in [2.45, 2.75) is 43.9 Å². The summed E-state index contributed by atoms with van der Waals surface area (Å²) < 4.78 is 83.9. The molecule has 5 rings (SSSR count). The van der Waals surface area contributed by atoms with Gasteiger partial charge in [0.15, 0.2) is 23.1 Å². The number of imidazole rings is 1. The topological polar surface area (TPSA) is 132 Å². The molecule has 1 unspecified atom stereocenters. The lowest BCUT2D eigenvalue weighted by molar-refractivity contribution is -0.0529. The number of piperidine rings is 1. The smallest absolute Gasteiger partial charge is 0.265 e. The second-order valence-electron chi connectivity index (χ2n) is 9.69. The Morgan fingerprint density at radius 3 is 2.50 bits per heavy atom. The van der Waals surface area contributed by atoms with E-state index in [4.69, 9.17) is 11.5 Å². The fraction of sp³-hybridized carbons (Fsp3) is 0.360. The van der Waals surface area contributed by atoms with Gasteiger partial charge in [-0.1, -0.05) is 0 Å². The van der Waals surface area contributed by atoms with Crippen LogP contribution in [0.1, 0.15) is 30.4 Å². The molecule has 0 aliphatic carbocycles. The molecule has 0 spiro atoms. The van der Waals surface area contributed by atoms with Crippen molar-refractivity contribution in [3.05, 3.63) is 59.8 Å². The maximum atomic E-state index is 14.1. The van der Waals surface area contributed by atoms with E-state index in [0.717, 1.165) is 0 Å². The standard InChI is InChI=1S/C25H24F6N8O/c26-15-5-13(14(21(28)29)6-16(15)27)17-4-12(8-39-11-37-19-23(32)35-10-36-24(19)39)18(7-34-17)38-3-1-2-25(33,9-38)20(40)22(30)31/h4-7,10-11,20-22,40H,1-3,8-9,33H2,(H2,32,35,36)/t20-,25?/m1/s1. The molecule has 1 aliphatic rings. The largest absolute Gasteiger partial charge is 0.385 e. The van der Waals surface area contributed by atoms with Crippen molar-refractivity contribution < 1.29 is 31.4 Å². The predicted molar refractivity (Wildman–Crippen MR) is 134 cm³/mol. The summed E-state index contributed by atoms with van der Waals surface area (Å²) in [6.45, 7) is 0.243. The zero-order valence-corrected chi connectivity index (χ0v) is 20.8. The molecule has 15 heteroatoms. The first-order valence-electron chi connectivity index (χ1n) is 12.2. The summed E-state index contributed by atoms with van der Waals surface area (Å²) >= 11 is 0. The molecule has 5 N–H and O–H groups in total. The summed E-state index contributed by atoms with van der Waals surface area (Å²) in [7, 11) is 0. The lowest BCUT2D eigenvalue weighted by Crippen LogP contribution is -2.63. The van der Waals surface area contributed by atoms with E-state index in [1.54, 1.807) is 9.47 Å². The van der Waals surface area contributed by atoms with Crippen molar-refractivity contribution >= 4 is 22.7 Å². The zero-order valence-electron chi connectivity index (χ0n) is 20.8. The molecule has 4 heterocycles. The van der Waals surface area contributed by atoms with E-state index in [9.17, 15) is 31.4 Å². The minimum Gasteiger partial charge on any atom is -0.385 e. The fourth-order valence-electron chi connectivity index (χ4n) is 5.02. The average molecular weight is 567 g/mol. The number of nitrogens with two attached hydrogens (primary N) is 2. The number of alkyl halides is 4. The van der Waals surface area contributed by atoms with Crippen LogP contribution in [-0.4, -0.2) is 60.8 Å². The number of hydrogen-bond donors (Lipinski definition) is 3. The highest BCUT2D eigenvalue weighted by molar-refractivity contribution is 5.81. The molecule has 1 aliphatic heterocycles. The van der Waals surface area contributed by atoms with Crippen LogP contribution in [0.5, 0.6) is 0 Å². The molecule has 9 nitrogen and oxygen atoms in total. The first-order valence-corrected chi connectivity index (χ1v) is 12.2. The molecule has 0 amide bonds. The SMILES string of the molecule is Nc1ncnc2c1ncn2Cc1cc(-c2cc(F)c(F)cc2C(F)F)ncc1N1CCCC(N)([C@H](O)C(F)F)C1. The molecule has 0 bridgehead atoms. The second-order valence-corrected chi connectivity index (χ2v) is 9.69. The number of nitrogen functional groups attached to an aromatic ring is 1. The van der Waals surface area contributed by atoms with Gasteiger partial charge in [-0.2, -0.15) is 0 Å². The third kappa shape index (κ3) is 5.01. The number of nitrogens with zero attached hydrogens (tertiary/aromatic N) is 6. The minimum atomic E-state index is -3.12. The molecular formula is C25H24F6N8O. The van der Waals surface area contributed by atoms with Gasteiger partial charge in [-0.05, 0) is 36.6 Å². The summed E-state index contributed by atoms with van der Waals surface area (Å²) in [5.74, 6) is -2.62. The molecule has 1 fully saturated rings. The number of halogens is 6. The summed E-state index contributed by atoms with van der Waals surface area (Å²) in [6.07, 6.45) is -3.75. The minimum absolute atomic E-state index is 0.0248. The second kappa shape index (κ2) is 10.5. The first kappa shape index (κ1) is 27.6. The van der Waals surface area contributed by atoms with Crippen molar-refractivity contribution in [1.29, 1.82) is 0 Å². The zero-order chi connectivity index (χ0) is 28.8. The predicted octanol–water partition coefficient (Wildman–Crippen LogP) is 3.66. The third-order valence-corrected chi connectivity index (χ3v) is 7.06. The molecule has 1 saturated heterocycles. The van der Waals surface area contributed by atoms with Crippen LogP contribution >= 0.6 is 0 Å². The van der Waals surface area contributed by atoms with E-state index in [-0.39, 0.29) is 36.6 Å². The van der Waals surface area contributed by atoms with E-state index in [0.29, 0.717) is 47.5 Å². The summed E-state index contributed by atoms with van der Waals surface area (Å²) in [6, 6.07) is 2.49. The van der Waals surface area contributed by atoms with Crippen LogP contribution in [0.3, 0.4) is 0 Å². The fourth-order valence-corrected chi connectivity index (χ4v) is 5.02. The highest BCUT2D eigenvalue weighted by Crippen LogP contribution is 2.36. The monoisotopic (exact) mass is 566 g/mol. The van der Waals surface area contributed by atoms with Crippen LogP contribution in [0.2, 0.25) is 0 Å². The van der Waals surface area contributed by atoms with Gasteiger partial charge >= 0.3 is 0 Å². The van der Waals surface area contributed by atoms with Gasteiger partial charge in [0, 0.05) is 24.2 Å². The first-order chi connectivity index (χ1) is 19.0. The number of benzene rings is 1. The van der Waals surface area contributed by atoms with Crippen molar-refractivity contribution in [2.24, 2.45) is 5.73 Å². The quantitative estimate of drug-likeness (QED) is 0.289. The van der Waals surface area contributed by atoms with Gasteiger partial charge in [0.1, 0.15) is 17.9 Å². The van der Waals surface area contributed by atoms with Crippen LogP contribution in [0.4, 0.5) is 37.8 Å².